The number of guanidine groups is 1. The molecule has 0 radical (unpaired) electrons. The molecule has 0 spiro atoms. The second-order valence-corrected chi connectivity index (χ2v) is 7.38. The van der Waals surface area contributed by atoms with E-state index in [1.54, 1.807) is 13.1 Å². The first-order chi connectivity index (χ1) is 13.7. The van der Waals surface area contributed by atoms with Gasteiger partial charge in [-0.05, 0) is 11.6 Å². The Hall–Kier alpha value is -2.29. The van der Waals surface area contributed by atoms with Crippen LogP contribution >= 0.6 is 0 Å². The number of hydrogen-bond donors (Lipinski definition) is 2. The van der Waals surface area contributed by atoms with Gasteiger partial charge in [-0.15, -0.1) is 0 Å². The Morgan fingerprint density at radius 3 is 2.38 bits per heavy atom. The summed E-state index contributed by atoms with van der Waals surface area (Å²) in [6, 6.07) is 5.50. The number of halogens is 3. The van der Waals surface area contributed by atoms with Crippen molar-refractivity contribution in [2.45, 2.75) is 26.6 Å². The fourth-order valence-electron chi connectivity index (χ4n) is 3.12. The third-order valence-corrected chi connectivity index (χ3v) is 4.78. The van der Waals surface area contributed by atoms with Gasteiger partial charge in [0.1, 0.15) is 0 Å². The van der Waals surface area contributed by atoms with E-state index in [9.17, 15) is 18.0 Å². The molecule has 29 heavy (non-hydrogen) atoms. The van der Waals surface area contributed by atoms with E-state index in [2.05, 4.69) is 25.4 Å². The second kappa shape index (κ2) is 10.5. The number of amides is 1. The predicted molar refractivity (Wildman–Crippen MR) is 108 cm³/mol. The Labute approximate surface area is 170 Å². The van der Waals surface area contributed by atoms with Crippen LogP contribution in [-0.4, -0.2) is 68.0 Å². The SMILES string of the molecule is CN=C(NCCNC(=O)C(C)C)N1CCN(Cc2cccc(C(F)(F)F)c2)CC1. The topological polar surface area (TPSA) is 60.0 Å². The number of hydrogen-bond acceptors (Lipinski definition) is 3. The average Bonchev–Trinajstić information content (AvgIpc) is 2.68. The van der Waals surface area contributed by atoms with Crippen molar-refractivity contribution in [3.05, 3.63) is 35.4 Å². The standard InChI is InChI=1S/C20H30F3N5O/c1-15(2)18(29)25-7-8-26-19(24-3)28-11-9-27(10-12-28)14-16-5-4-6-17(13-16)20(21,22)23/h4-6,13,15H,7-12,14H2,1-3H3,(H,24,26)(H,25,29). The lowest BCUT2D eigenvalue weighted by atomic mass is 10.1. The molecule has 1 aromatic rings. The number of carbonyl (C=O) groups is 1. The molecule has 0 atom stereocenters. The van der Waals surface area contributed by atoms with Crippen LogP contribution in [0.3, 0.4) is 0 Å². The first-order valence-corrected chi connectivity index (χ1v) is 9.82. The monoisotopic (exact) mass is 413 g/mol. The van der Waals surface area contributed by atoms with E-state index >= 15 is 0 Å². The molecule has 2 N–H and O–H groups in total. The third-order valence-electron chi connectivity index (χ3n) is 4.78. The minimum absolute atomic E-state index is 0.0185. The Kier molecular flexibility index (Phi) is 8.31. The smallest absolute Gasteiger partial charge is 0.354 e. The van der Waals surface area contributed by atoms with Gasteiger partial charge < -0.3 is 15.5 Å². The van der Waals surface area contributed by atoms with Gasteiger partial charge in [-0.3, -0.25) is 14.7 Å². The highest BCUT2D eigenvalue weighted by Crippen LogP contribution is 2.29. The van der Waals surface area contributed by atoms with Gasteiger partial charge >= 0.3 is 6.18 Å². The van der Waals surface area contributed by atoms with Gasteiger partial charge in [0.25, 0.3) is 0 Å². The lowest BCUT2D eigenvalue weighted by molar-refractivity contribution is -0.137. The molecule has 0 bridgehead atoms. The number of benzene rings is 1. The zero-order valence-electron chi connectivity index (χ0n) is 17.2. The predicted octanol–water partition coefficient (Wildman–Crippen LogP) is 2.17. The first-order valence-electron chi connectivity index (χ1n) is 9.82. The lowest BCUT2D eigenvalue weighted by Crippen LogP contribution is -2.53. The van der Waals surface area contributed by atoms with E-state index in [4.69, 9.17) is 0 Å². The summed E-state index contributed by atoms with van der Waals surface area (Å²) in [5, 5.41) is 6.09. The minimum Gasteiger partial charge on any atom is -0.354 e. The number of aliphatic imine (C=N–C) groups is 1. The van der Waals surface area contributed by atoms with Crippen LogP contribution in [-0.2, 0) is 17.5 Å². The maximum absolute atomic E-state index is 12.9. The summed E-state index contributed by atoms with van der Waals surface area (Å²) in [4.78, 5) is 20.1. The Bertz CT molecular complexity index is 698. The van der Waals surface area contributed by atoms with E-state index in [1.165, 1.54) is 12.1 Å². The Morgan fingerprint density at radius 2 is 1.79 bits per heavy atom. The van der Waals surface area contributed by atoms with E-state index in [0.717, 1.165) is 38.2 Å². The summed E-state index contributed by atoms with van der Waals surface area (Å²) in [5.74, 6) is 0.742. The van der Waals surface area contributed by atoms with Crippen molar-refractivity contribution in [2.24, 2.45) is 10.9 Å². The van der Waals surface area contributed by atoms with Gasteiger partial charge in [0, 0.05) is 58.8 Å². The molecule has 1 aromatic carbocycles. The number of carbonyl (C=O) groups excluding carboxylic acids is 1. The largest absolute Gasteiger partial charge is 0.416 e. The van der Waals surface area contributed by atoms with Crippen molar-refractivity contribution in [3.8, 4) is 0 Å². The lowest BCUT2D eigenvalue weighted by Gasteiger charge is -2.36. The molecule has 0 aromatic heterocycles. The summed E-state index contributed by atoms with van der Waals surface area (Å²) in [6.07, 6.45) is -4.32. The summed E-state index contributed by atoms with van der Waals surface area (Å²) in [7, 11) is 1.71. The summed E-state index contributed by atoms with van der Waals surface area (Å²) in [6.45, 7) is 8.23. The summed E-state index contributed by atoms with van der Waals surface area (Å²) >= 11 is 0. The molecule has 1 saturated heterocycles. The fourth-order valence-corrected chi connectivity index (χ4v) is 3.12. The van der Waals surface area contributed by atoms with Gasteiger partial charge in [-0.2, -0.15) is 13.2 Å². The van der Waals surface area contributed by atoms with Crippen LogP contribution < -0.4 is 10.6 Å². The van der Waals surface area contributed by atoms with Crippen LogP contribution in [0.15, 0.2) is 29.3 Å². The van der Waals surface area contributed by atoms with Gasteiger partial charge in [0.2, 0.25) is 5.91 Å². The van der Waals surface area contributed by atoms with E-state index in [-0.39, 0.29) is 11.8 Å². The van der Waals surface area contributed by atoms with Crippen molar-refractivity contribution in [1.29, 1.82) is 0 Å². The van der Waals surface area contributed by atoms with Crippen molar-refractivity contribution >= 4 is 11.9 Å². The van der Waals surface area contributed by atoms with Crippen molar-refractivity contribution in [2.75, 3.05) is 46.3 Å². The van der Waals surface area contributed by atoms with Gasteiger partial charge in [-0.1, -0.05) is 32.0 Å². The normalized spacial score (nSPS) is 16.2. The molecule has 1 heterocycles. The molecule has 1 fully saturated rings. The van der Waals surface area contributed by atoms with Gasteiger partial charge in [-0.25, -0.2) is 0 Å². The van der Waals surface area contributed by atoms with Gasteiger partial charge in [0.15, 0.2) is 5.96 Å². The molecule has 0 saturated carbocycles. The molecule has 1 amide bonds. The van der Waals surface area contributed by atoms with E-state index in [1.807, 2.05) is 13.8 Å². The first kappa shape index (κ1) is 23.0. The van der Waals surface area contributed by atoms with Crippen LogP contribution in [0.4, 0.5) is 13.2 Å². The van der Waals surface area contributed by atoms with Crippen LogP contribution in [0.2, 0.25) is 0 Å². The van der Waals surface area contributed by atoms with Crippen molar-refractivity contribution in [1.82, 2.24) is 20.4 Å². The minimum atomic E-state index is -4.32. The van der Waals surface area contributed by atoms with Crippen LogP contribution in [0.1, 0.15) is 25.0 Å². The van der Waals surface area contributed by atoms with Gasteiger partial charge in [0.05, 0.1) is 5.56 Å². The number of rotatable bonds is 6. The number of piperazine rings is 1. The molecule has 1 aliphatic rings. The quantitative estimate of drug-likeness (QED) is 0.426. The molecular formula is C20H30F3N5O. The highest BCUT2D eigenvalue weighted by Gasteiger charge is 2.30. The number of nitrogens with one attached hydrogen (secondary N) is 2. The number of alkyl halides is 3. The Balaban J connectivity index is 1.78. The third kappa shape index (κ3) is 7.23. The van der Waals surface area contributed by atoms with Crippen molar-refractivity contribution in [3.63, 3.8) is 0 Å². The molecule has 0 aliphatic carbocycles. The maximum atomic E-state index is 12.9. The Morgan fingerprint density at radius 1 is 1.14 bits per heavy atom. The molecule has 0 unspecified atom stereocenters. The fraction of sp³-hybridized carbons (Fsp3) is 0.600. The zero-order chi connectivity index (χ0) is 21.4. The van der Waals surface area contributed by atoms with Crippen LogP contribution in [0, 0.1) is 5.92 Å². The van der Waals surface area contributed by atoms with E-state index < -0.39 is 11.7 Å². The molecule has 6 nitrogen and oxygen atoms in total. The average molecular weight is 413 g/mol. The second-order valence-electron chi connectivity index (χ2n) is 7.38. The highest BCUT2D eigenvalue weighted by atomic mass is 19.4. The molecule has 2 rings (SSSR count). The van der Waals surface area contributed by atoms with Crippen LogP contribution in [0.25, 0.3) is 0 Å². The van der Waals surface area contributed by atoms with Crippen molar-refractivity contribution < 1.29 is 18.0 Å². The van der Waals surface area contributed by atoms with E-state index in [0.29, 0.717) is 25.2 Å². The molecule has 9 heteroatoms. The summed E-state index contributed by atoms with van der Waals surface area (Å²) < 4.78 is 38.6. The number of nitrogens with zero attached hydrogens (tertiary/aromatic N) is 3. The molecule has 162 valence electrons. The molecule has 1 aliphatic heterocycles. The maximum Gasteiger partial charge on any atom is 0.416 e. The summed E-state index contributed by atoms with van der Waals surface area (Å²) in [5.41, 5.74) is 0.0551. The molecular weight excluding hydrogens is 383 g/mol. The highest BCUT2D eigenvalue weighted by molar-refractivity contribution is 5.80. The van der Waals surface area contributed by atoms with Crippen LogP contribution in [0.5, 0.6) is 0 Å². The zero-order valence-corrected chi connectivity index (χ0v) is 17.2.